The lowest BCUT2D eigenvalue weighted by atomic mass is 9.55. The zero-order chi connectivity index (χ0) is 24.7. The van der Waals surface area contributed by atoms with Gasteiger partial charge in [0.1, 0.15) is 0 Å². The molecule has 33 heavy (non-hydrogen) atoms. The number of aliphatic hydroxyl groups excluding tert-OH is 1. The maximum Gasteiger partial charge on any atom is 0.426 e. The summed E-state index contributed by atoms with van der Waals surface area (Å²) in [6, 6.07) is 0. The van der Waals surface area contributed by atoms with Crippen LogP contribution in [0.1, 0.15) is 84.5 Å². The summed E-state index contributed by atoms with van der Waals surface area (Å²) in [5, 5.41) is 19.6. The van der Waals surface area contributed by atoms with Crippen molar-refractivity contribution >= 4 is 0 Å². The van der Waals surface area contributed by atoms with Crippen LogP contribution in [0, 0.1) is 35.0 Å². The van der Waals surface area contributed by atoms with Crippen molar-refractivity contribution in [2.75, 3.05) is 0 Å². The molecule has 0 heterocycles. The quantitative estimate of drug-likeness (QED) is 0.327. The number of rotatable bonds is 4. The summed E-state index contributed by atoms with van der Waals surface area (Å²) >= 11 is 0. The molecule has 0 aromatic carbocycles. The summed E-state index contributed by atoms with van der Waals surface area (Å²) in [6.45, 7) is 3.94. The van der Waals surface area contributed by atoms with Gasteiger partial charge in [-0.2, -0.15) is 26.3 Å². The smallest absolute Gasteiger partial charge is 0.393 e. The minimum atomic E-state index is -5.75. The third-order valence-corrected chi connectivity index (χ3v) is 9.34. The van der Waals surface area contributed by atoms with Crippen molar-refractivity contribution in [2.45, 2.75) is 109 Å². The molecule has 3 aliphatic carbocycles. The van der Waals surface area contributed by atoms with Gasteiger partial charge in [-0.1, -0.05) is 38.8 Å². The highest BCUT2D eigenvalue weighted by Crippen LogP contribution is 2.62. The molecule has 2 fully saturated rings. The average molecular weight is 485 g/mol. The maximum atomic E-state index is 13.1. The van der Waals surface area contributed by atoms with Gasteiger partial charge in [0.05, 0.1) is 6.10 Å². The molecule has 0 radical (unpaired) electrons. The Morgan fingerprint density at radius 1 is 0.939 bits per heavy atom. The molecular weight excluding hydrogens is 446 g/mol. The van der Waals surface area contributed by atoms with Crippen LogP contribution in [-0.2, 0) is 0 Å². The van der Waals surface area contributed by atoms with Gasteiger partial charge >= 0.3 is 12.4 Å². The van der Waals surface area contributed by atoms with Gasteiger partial charge in [-0.25, -0.2) is 0 Å². The number of aliphatic hydroxyl groups is 2. The van der Waals surface area contributed by atoms with Gasteiger partial charge in [-0.05, 0) is 92.8 Å². The summed E-state index contributed by atoms with van der Waals surface area (Å²) in [7, 11) is 0. The second kappa shape index (κ2) is 9.71. The Hall–Kier alpha value is -0.760. The predicted octanol–water partition coefficient (Wildman–Crippen LogP) is 7.20. The van der Waals surface area contributed by atoms with E-state index in [2.05, 4.69) is 13.0 Å². The summed E-state index contributed by atoms with van der Waals surface area (Å²) in [6.07, 6.45) is -1.15. The molecule has 0 amide bonds. The Bertz CT molecular complexity index is 673. The van der Waals surface area contributed by atoms with Crippen molar-refractivity contribution < 1.29 is 36.6 Å². The number of fused-ring (bicyclic) bond motifs is 3. The number of hydrogen-bond acceptors (Lipinski definition) is 2. The van der Waals surface area contributed by atoms with E-state index in [0.29, 0.717) is 24.2 Å². The van der Waals surface area contributed by atoms with E-state index >= 15 is 0 Å². The lowest BCUT2D eigenvalue weighted by Crippen LogP contribution is -2.57. The summed E-state index contributed by atoms with van der Waals surface area (Å²) in [4.78, 5) is 0. The summed E-state index contributed by atoms with van der Waals surface area (Å²) in [5.41, 5.74) is -4.76. The first-order valence-corrected chi connectivity index (χ1v) is 12.4. The highest BCUT2D eigenvalue weighted by molar-refractivity contribution is 5.06. The Morgan fingerprint density at radius 2 is 1.58 bits per heavy atom. The van der Waals surface area contributed by atoms with Gasteiger partial charge in [0, 0.05) is 0 Å². The number of halogens is 6. The molecule has 0 saturated heterocycles. The average Bonchev–Trinajstić information content (AvgIpc) is 3.06. The Morgan fingerprint density at radius 3 is 2.21 bits per heavy atom. The van der Waals surface area contributed by atoms with Crippen LogP contribution in [-0.4, -0.2) is 34.3 Å². The molecule has 0 aromatic heterocycles. The Balaban J connectivity index is 1.73. The molecule has 7 atom stereocenters. The van der Waals surface area contributed by atoms with Crippen molar-refractivity contribution in [2.24, 2.45) is 35.0 Å². The fourth-order valence-electron chi connectivity index (χ4n) is 7.38. The van der Waals surface area contributed by atoms with Crippen LogP contribution in [0.4, 0.5) is 26.3 Å². The van der Waals surface area contributed by atoms with Crippen LogP contribution < -0.4 is 0 Å². The highest BCUT2D eigenvalue weighted by atomic mass is 19.4. The van der Waals surface area contributed by atoms with Crippen LogP contribution in [0.3, 0.4) is 0 Å². The molecule has 0 aliphatic heterocycles. The van der Waals surface area contributed by atoms with Gasteiger partial charge < -0.3 is 10.2 Å². The van der Waals surface area contributed by atoms with Gasteiger partial charge in [0.25, 0.3) is 5.60 Å². The molecular formula is C25H38F6O2. The van der Waals surface area contributed by atoms with E-state index in [0.717, 1.165) is 51.4 Å². The Kier molecular flexibility index (Phi) is 7.90. The first-order chi connectivity index (χ1) is 15.2. The van der Waals surface area contributed by atoms with E-state index in [1.54, 1.807) is 6.92 Å². The SMILES string of the molecule is CC(CCC(O)(C(F)(F)F)C(F)(F)F)C1CCC2C3CC=CCC(O)CCCC3CCC12C. The maximum absolute atomic E-state index is 13.1. The number of alkyl halides is 6. The molecule has 8 heteroatoms. The van der Waals surface area contributed by atoms with Crippen LogP contribution >= 0.6 is 0 Å². The van der Waals surface area contributed by atoms with E-state index in [4.69, 9.17) is 0 Å². The fraction of sp³-hybridized carbons (Fsp3) is 0.920. The molecule has 2 nitrogen and oxygen atoms in total. The molecule has 192 valence electrons. The van der Waals surface area contributed by atoms with Crippen LogP contribution in [0.5, 0.6) is 0 Å². The van der Waals surface area contributed by atoms with Crippen LogP contribution in [0.15, 0.2) is 12.2 Å². The topological polar surface area (TPSA) is 40.5 Å². The number of allylic oxidation sites excluding steroid dienone is 1. The molecule has 0 spiro atoms. The standard InChI is InChI=1S/C25H38F6O2/c1-16(12-15-23(33,24(26,27)28)25(29,30)31)20-10-11-21-19-9-4-3-7-18(32)8-5-6-17(19)13-14-22(20,21)2/h3-4,16-21,32-33H,5-15H2,1-2H3. The van der Waals surface area contributed by atoms with Crippen molar-refractivity contribution in [3.63, 3.8) is 0 Å². The molecule has 3 aliphatic rings. The lowest BCUT2D eigenvalue weighted by Gasteiger charge is -2.50. The first-order valence-electron chi connectivity index (χ1n) is 12.4. The first kappa shape index (κ1) is 26.8. The minimum absolute atomic E-state index is 0.0513. The van der Waals surface area contributed by atoms with Crippen LogP contribution in [0.25, 0.3) is 0 Å². The molecule has 7 unspecified atom stereocenters. The van der Waals surface area contributed by atoms with Gasteiger partial charge in [0.2, 0.25) is 0 Å². The van der Waals surface area contributed by atoms with Crippen molar-refractivity contribution in [1.29, 1.82) is 0 Å². The largest absolute Gasteiger partial charge is 0.426 e. The van der Waals surface area contributed by atoms with Gasteiger partial charge in [-0.3, -0.25) is 0 Å². The molecule has 2 saturated carbocycles. The normalized spacial score (nSPS) is 37.3. The third kappa shape index (κ3) is 5.26. The zero-order valence-electron chi connectivity index (χ0n) is 19.6. The van der Waals surface area contributed by atoms with Gasteiger partial charge in [-0.15, -0.1) is 0 Å². The molecule has 2 N–H and O–H groups in total. The second-order valence-electron chi connectivity index (χ2n) is 11.2. The molecule has 3 rings (SSSR count). The summed E-state index contributed by atoms with van der Waals surface area (Å²) < 4.78 is 78.7. The fourth-order valence-corrected chi connectivity index (χ4v) is 7.38. The summed E-state index contributed by atoms with van der Waals surface area (Å²) in [5.74, 6) is 1.14. The molecule has 0 aromatic rings. The monoisotopic (exact) mass is 484 g/mol. The third-order valence-electron chi connectivity index (χ3n) is 9.34. The van der Waals surface area contributed by atoms with E-state index in [1.165, 1.54) is 0 Å². The Labute approximate surface area is 192 Å². The highest BCUT2D eigenvalue weighted by Gasteiger charge is 2.70. The van der Waals surface area contributed by atoms with Crippen molar-refractivity contribution in [3.8, 4) is 0 Å². The zero-order valence-corrected chi connectivity index (χ0v) is 19.6. The van der Waals surface area contributed by atoms with E-state index in [9.17, 15) is 36.6 Å². The van der Waals surface area contributed by atoms with Crippen molar-refractivity contribution in [1.82, 2.24) is 0 Å². The van der Waals surface area contributed by atoms with Gasteiger partial charge in [0.15, 0.2) is 0 Å². The number of hydrogen-bond donors (Lipinski definition) is 2. The molecule has 0 bridgehead atoms. The van der Waals surface area contributed by atoms with E-state index in [1.807, 2.05) is 6.08 Å². The van der Waals surface area contributed by atoms with Crippen molar-refractivity contribution in [3.05, 3.63) is 12.2 Å². The van der Waals surface area contributed by atoms with Crippen LogP contribution in [0.2, 0.25) is 0 Å². The van der Waals surface area contributed by atoms with E-state index in [-0.39, 0.29) is 29.8 Å². The second-order valence-corrected chi connectivity index (χ2v) is 11.2. The predicted molar refractivity (Wildman–Crippen MR) is 114 cm³/mol. The minimum Gasteiger partial charge on any atom is -0.393 e. The van der Waals surface area contributed by atoms with E-state index < -0.39 is 24.4 Å². The lowest BCUT2D eigenvalue weighted by molar-refractivity contribution is -0.370.